The van der Waals surface area contributed by atoms with Gasteiger partial charge in [0.05, 0.1) is 22.5 Å². The molecule has 33 heavy (non-hydrogen) atoms. The molecule has 3 rings (SSSR count). The Labute approximate surface area is 188 Å². The van der Waals surface area contributed by atoms with Crippen molar-refractivity contribution >= 4 is 34.0 Å². The van der Waals surface area contributed by atoms with Gasteiger partial charge in [-0.1, -0.05) is 12.1 Å². The van der Waals surface area contributed by atoms with Gasteiger partial charge in [0.25, 0.3) is 0 Å². The van der Waals surface area contributed by atoms with Gasteiger partial charge < -0.3 is 9.47 Å². The summed E-state index contributed by atoms with van der Waals surface area (Å²) in [5.41, 5.74) is -0.736. The number of carbonyl (C=O) groups excluding carboxylic acids is 2. The molecule has 0 aliphatic carbocycles. The fourth-order valence-electron chi connectivity index (χ4n) is 2.74. The number of hydrogen-bond donors (Lipinski definition) is 0. The molecule has 0 unspecified atom stereocenters. The highest BCUT2D eigenvalue weighted by molar-refractivity contribution is 7.14. The van der Waals surface area contributed by atoms with E-state index in [-0.39, 0.29) is 34.4 Å². The Balaban J connectivity index is 1.73. The second kappa shape index (κ2) is 9.94. The first-order chi connectivity index (χ1) is 15.5. The SMILES string of the molecule is CC(=O)N(c1cccc(C(F)(F)F)c1)c1nc(COC(=O)c2cccc(OC(F)F)c2)cs1. The Bertz CT molecular complexity index is 1150. The van der Waals surface area contributed by atoms with Crippen molar-refractivity contribution in [2.75, 3.05) is 4.90 Å². The second-order valence-electron chi connectivity index (χ2n) is 6.51. The molecule has 0 aliphatic rings. The van der Waals surface area contributed by atoms with Crippen molar-refractivity contribution in [1.82, 2.24) is 4.98 Å². The molecule has 1 amide bonds. The molecular formula is C21H15F5N2O4S. The summed E-state index contributed by atoms with van der Waals surface area (Å²) in [5.74, 6) is -1.61. The minimum Gasteiger partial charge on any atom is -0.456 e. The molecular weight excluding hydrogens is 471 g/mol. The maximum absolute atomic E-state index is 13.0. The van der Waals surface area contributed by atoms with Crippen molar-refractivity contribution < 1.29 is 41.0 Å². The van der Waals surface area contributed by atoms with Crippen molar-refractivity contribution in [3.63, 3.8) is 0 Å². The topological polar surface area (TPSA) is 68.7 Å². The van der Waals surface area contributed by atoms with Crippen molar-refractivity contribution in [2.45, 2.75) is 26.3 Å². The van der Waals surface area contributed by atoms with Gasteiger partial charge in [-0.15, -0.1) is 11.3 Å². The molecule has 3 aromatic rings. The quantitative estimate of drug-likeness (QED) is 0.312. The van der Waals surface area contributed by atoms with E-state index in [9.17, 15) is 31.5 Å². The molecule has 0 aliphatic heterocycles. The zero-order valence-corrected chi connectivity index (χ0v) is 17.6. The van der Waals surface area contributed by atoms with Gasteiger partial charge in [0.2, 0.25) is 5.91 Å². The van der Waals surface area contributed by atoms with Crippen molar-refractivity contribution in [3.05, 3.63) is 70.7 Å². The number of carbonyl (C=O) groups is 2. The summed E-state index contributed by atoms with van der Waals surface area (Å²) in [6.45, 7) is -2.19. The highest BCUT2D eigenvalue weighted by Crippen LogP contribution is 2.35. The number of thiazole rings is 1. The Morgan fingerprint density at radius 3 is 2.52 bits per heavy atom. The summed E-state index contributed by atoms with van der Waals surface area (Å²) in [6.07, 6.45) is -4.58. The molecule has 1 aromatic heterocycles. The minimum atomic E-state index is -4.58. The number of nitrogens with zero attached hydrogens (tertiary/aromatic N) is 2. The lowest BCUT2D eigenvalue weighted by molar-refractivity contribution is -0.137. The molecule has 2 aromatic carbocycles. The molecule has 0 saturated carbocycles. The predicted octanol–water partition coefficient (Wildman–Crippen LogP) is 5.80. The zero-order chi connectivity index (χ0) is 24.2. The normalized spacial score (nSPS) is 11.4. The molecule has 6 nitrogen and oxygen atoms in total. The number of aromatic nitrogens is 1. The minimum absolute atomic E-state index is 0.0222. The van der Waals surface area contributed by atoms with Crippen LogP contribution in [-0.2, 0) is 22.3 Å². The van der Waals surface area contributed by atoms with E-state index in [2.05, 4.69) is 9.72 Å². The Morgan fingerprint density at radius 1 is 1.12 bits per heavy atom. The van der Waals surface area contributed by atoms with E-state index in [1.807, 2.05) is 0 Å². The number of anilines is 2. The van der Waals surface area contributed by atoms with Gasteiger partial charge in [-0.3, -0.25) is 9.69 Å². The van der Waals surface area contributed by atoms with Crippen LogP contribution < -0.4 is 9.64 Å². The molecule has 174 valence electrons. The van der Waals surface area contributed by atoms with Crippen LogP contribution in [0.25, 0.3) is 0 Å². The van der Waals surface area contributed by atoms with Gasteiger partial charge in [-0.25, -0.2) is 9.78 Å². The lowest BCUT2D eigenvalue weighted by Crippen LogP contribution is -2.23. The van der Waals surface area contributed by atoms with Crippen LogP contribution in [0.5, 0.6) is 5.75 Å². The van der Waals surface area contributed by atoms with Gasteiger partial charge >= 0.3 is 18.8 Å². The largest absolute Gasteiger partial charge is 0.456 e. The van der Waals surface area contributed by atoms with E-state index >= 15 is 0 Å². The highest BCUT2D eigenvalue weighted by Gasteiger charge is 2.31. The van der Waals surface area contributed by atoms with E-state index in [0.717, 1.165) is 34.4 Å². The Morgan fingerprint density at radius 2 is 1.85 bits per heavy atom. The Kier molecular flexibility index (Phi) is 7.26. The van der Waals surface area contributed by atoms with Gasteiger partial charge in [-0.05, 0) is 36.4 Å². The number of hydrogen-bond acceptors (Lipinski definition) is 6. The first-order valence-corrected chi connectivity index (χ1v) is 10.1. The summed E-state index contributed by atoms with van der Waals surface area (Å²) < 4.78 is 73.1. The third-order valence-electron chi connectivity index (χ3n) is 4.12. The standard InChI is InChI=1S/C21H15F5N2O4S/c1-12(29)28(16-6-3-5-14(9-16)21(24,25)26)20-27-15(11-33-20)10-31-18(30)13-4-2-7-17(8-13)32-19(22)23/h2-9,11,19H,10H2,1H3. The monoisotopic (exact) mass is 486 g/mol. The zero-order valence-electron chi connectivity index (χ0n) is 16.8. The number of ether oxygens (including phenoxy) is 2. The van der Waals surface area contributed by atoms with Crippen LogP contribution in [0.3, 0.4) is 0 Å². The lowest BCUT2D eigenvalue weighted by atomic mass is 10.2. The average molecular weight is 486 g/mol. The van der Waals surface area contributed by atoms with Crippen LogP contribution in [0.2, 0.25) is 0 Å². The molecule has 0 saturated heterocycles. The first-order valence-electron chi connectivity index (χ1n) is 9.19. The predicted molar refractivity (Wildman–Crippen MR) is 109 cm³/mol. The van der Waals surface area contributed by atoms with E-state index in [4.69, 9.17) is 4.74 Å². The summed E-state index contributed by atoms with van der Waals surface area (Å²) >= 11 is 0.969. The molecule has 0 fully saturated rings. The fourth-order valence-corrected chi connectivity index (χ4v) is 3.61. The average Bonchev–Trinajstić information content (AvgIpc) is 3.19. The third kappa shape index (κ3) is 6.25. The van der Waals surface area contributed by atoms with Gasteiger partial charge in [-0.2, -0.15) is 22.0 Å². The van der Waals surface area contributed by atoms with E-state index in [1.165, 1.54) is 42.6 Å². The van der Waals surface area contributed by atoms with Crippen molar-refractivity contribution in [3.8, 4) is 5.75 Å². The number of amides is 1. The lowest BCUT2D eigenvalue weighted by Gasteiger charge is -2.19. The number of rotatable bonds is 7. The molecule has 0 radical (unpaired) electrons. The molecule has 0 bridgehead atoms. The van der Waals surface area contributed by atoms with Crippen LogP contribution in [0.1, 0.15) is 28.5 Å². The van der Waals surface area contributed by atoms with Crippen LogP contribution in [0, 0.1) is 0 Å². The Hall–Kier alpha value is -3.54. The van der Waals surface area contributed by atoms with Crippen molar-refractivity contribution in [2.24, 2.45) is 0 Å². The van der Waals surface area contributed by atoms with Crippen molar-refractivity contribution in [1.29, 1.82) is 0 Å². The number of esters is 1. The van der Waals surface area contributed by atoms with E-state index in [1.54, 1.807) is 0 Å². The van der Waals surface area contributed by atoms with E-state index < -0.39 is 30.2 Å². The number of alkyl halides is 5. The fraction of sp³-hybridized carbons (Fsp3) is 0.190. The molecule has 12 heteroatoms. The van der Waals surface area contributed by atoms with Crippen LogP contribution in [0.15, 0.2) is 53.9 Å². The number of benzene rings is 2. The molecule has 0 N–H and O–H groups in total. The maximum atomic E-state index is 13.0. The first kappa shape index (κ1) is 24.1. The van der Waals surface area contributed by atoms with Crippen LogP contribution in [-0.4, -0.2) is 23.5 Å². The van der Waals surface area contributed by atoms with E-state index in [0.29, 0.717) is 0 Å². The molecule has 0 spiro atoms. The van der Waals surface area contributed by atoms with Gasteiger partial charge in [0.1, 0.15) is 12.4 Å². The van der Waals surface area contributed by atoms with Crippen LogP contribution >= 0.6 is 11.3 Å². The maximum Gasteiger partial charge on any atom is 0.416 e. The van der Waals surface area contributed by atoms with Gasteiger partial charge in [0.15, 0.2) is 5.13 Å². The number of halogens is 5. The third-order valence-corrected chi connectivity index (χ3v) is 5.00. The summed E-state index contributed by atoms with van der Waals surface area (Å²) in [7, 11) is 0. The summed E-state index contributed by atoms with van der Waals surface area (Å²) in [6, 6.07) is 9.26. The second-order valence-corrected chi connectivity index (χ2v) is 7.34. The van der Waals surface area contributed by atoms with Gasteiger partial charge in [0, 0.05) is 12.3 Å². The summed E-state index contributed by atoms with van der Waals surface area (Å²) in [5, 5.41) is 1.56. The highest BCUT2D eigenvalue weighted by atomic mass is 32.1. The summed E-state index contributed by atoms with van der Waals surface area (Å²) in [4.78, 5) is 29.5. The molecule has 0 atom stereocenters. The smallest absolute Gasteiger partial charge is 0.416 e. The molecule has 1 heterocycles. The van der Waals surface area contributed by atoms with Crippen LogP contribution in [0.4, 0.5) is 32.8 Å².